The Labute approximate surface area is 140 Å². The summed E-state index contributed by atoms with van der Waals surface area (Å²) in [6, 6.07) is 4.71. The van der Waals surface area contributed by atoms with Crippen molar-refractivity contribution < 1.29 is 19.1 Å². The van der Waals surface area contributed by atoms with E-state index in [2.05, 4.69) is 5.32 Å². The molecule has 0 unspecified atom stereocenters. The summed E-state index contributed by atoms with van der Waals surface area (Å²) < 4.78 is 13.5. The Balaban J connectivity index is 1.50. The van der Waals surface area contributed by atoms with Gasteiger partial charge in [-0.1, -0.05) is 6.07 Å². The number of benzene rings is 1. The predicted octanol–water partition coefficient (Wildman–Crippen LogP) is 2.19. The SMILES string of the molecule is Cc1ccc(C(=O)NC2CC(N(CC(=O)O)CC3CC3)C2)cc1F. The van der Waals surface area contributed by atoms with Crippen LogP contribution in [0.5, 0.6) is 0 Å². The molecule has 0 aromatic heterocycles. The normalized spacial score (nSPS) is 23.0. The number of carbonyl (C=O) groups is 2. The van der Waals surface area contributed by atoms with E-state index in [0.29, 0.717) is 17.0 Å². The van der Waals surface area contributed by atoms with Crippen molar-refractivity contribution in [2.24, 2.45) is 5.92 Å². The highest BCUT2D eigenvalue weighted by atomic mass is 19.1. The number of hydrogen-bond acceptors (Lipinski definition) is 3. The number of carboxylic acids is 1. The van der Waals surface area contributed by atoms with Crippen LogP contribution in [0.25, 0.3) is 0 Å². The number of rotatable bonds is 7. The van der Waals surface area contributed by atoms with E-state index in [-0.39, 0.29) is 30.4 Å². The molecule has 0 radical (unpaired) electrons. The number of aliphatic carboxylic acids is 1. The van der Waals surface area contributed by atoms with Crippen molar-refractivity contribution in [2.75, 3.05) is 13.1 Å². The molecule has 0 heterocycles. The third kappa shape index (κ3) is 4.12. The molecule has 2 N–H and O–H groups in total. The van der Waals surface area contributed by atoms with Crippen molar-refractivity contribution in [3.05, 3.63) is 35.1 Å². The summed E-state index contributed by atoms with van der Waals surface area (Å²) in [4.78, 5) is 25.2. The van der Waals surface area contributed by atoms with Crippen LogP contribution in [-0.4, -0.2) is 47.1 Å². The Morgan fingerprint density at radius 3 is 2.62 bits per heavy atom. The maximum Gasteiger partial charge on any atom is 0.317 e. The summed E-state index contributed by atoms with van der Waals surface area (Å²) in [7, 11) is 0. The van der Waals surface area contributed by atoms with E-state index in [1.807, 2.05) is 4.90 Å². The van der Waals surface area contributed by atoms with Gasteiger partial charge in [-0.05, 0) is 56.2 Å². The molecule has 2 saturated carbocycles. The van der Waals surface area contributed by atoms with E-state index >= 15 is 0 Å². The number of hydrogen-bond donors (Lipinski definition) is 2. The summed E-state index contributed by atoms with van der Waals surface area (Å²) in [6.07, 6.45) is 3.87. The number of nitrogens with zero attached hydrogens (tertiary/aromatic N) is 1. The average molecular weight is 334 g/mol. The van der Waals surface area contributed by atoms with E-state index in [1.165, 1.54) is 18.9 Å². The van der Waals surface area contributed by atoms with Gasteiger partial charge in [-0.3, -0.25) is 14.5 Å². The van der Waals surface area contributed by atoms with E-state index in [4.69, 9.17) is 5.11 Å². The third-order valence-corrected chi connectivity index (χ3v) is 4.93. The van der Waals surface area contributed by atoms with Crippen LogP contribution in [0, 0.1) is 18.7 Å². The number of amides is 1. The van der Waals surface area contributed by atoms with Crippen LogP contribution in [-0.2, 0) is 4.79 Å². The molecule has 1 aromatic carbocycles. The molecule has 130 valence electrons. The van der Waals surface area contributed by atoms with E-state index < -0.39 is 5.97 Å². The van der Waals surface area contributed by atoms with Gasteiger partial charge in [0.05, 0.1) is 6.54 Å². The summed E-state index contributed by atoms with van der Waals surface area (Å²) in [6.45, 7) is 2.55. The minimum atomic E-state index is -0.807. The topological polar surface area (TPSA) is 69.6 Å². The van der Waals surface area contributed by atoms with Gasteiger partial charge in [0.15, 0.2) is 0 Å². The number of carboxylic acid groups (broad SMARTS) is 1. The third-order valence-electron chi connectivity index (χ3n) is 4.93. The first-order valence-electron chi connectivity index (χ1n) is 8.45. The van der Waals surface area contributed by atoms with E-state index in [0.717, 1.165) is 19.4 Å². The highest BCUT2D eigenvalue weighted by Crippen LogP contribution is 2.33. The molecule has 5 nitrogen and oxygen atoms in total. The zero-order valence-corrected chi connectivity index (χ0v) is 13.8. The lowest BCUT2D eigenvalue weighted by molar-refractivity contribution is -0.139. The smallest absolute Gasteiger partial charge is 0.317 e. The second-order valence-electron chi connectivity index (χ2n) is 7.03. The van der Waals surface area contributed by atoms with Crippen molar-refractivity contribution in [2.45, 2.75) is 44.7 Å². The first-order chi connectivity index (χ1) is 11.4. The van der Waals surface area contributed by atoms with Gasteiger partial charge in [0.25, 0.3) is 5.91 Å². The molecule has 0 saturated heterocycles. The quantitative estimate of drug-likeness (QED) is 0.802. The van der Waals surface area contributed by atoms with E-state index in [1.54, 1.807) is 19.1 Å². The van der Waals surface area contributed by atoms with Gasteiger partial charge in [-0.2, -0.15) is 0 Å². The first-order valence-corrected chi connectivity index (χ1v) is 8.45. The highest BCUT2D eigenvalue weighted by Gasteiger charge is 2.37. The van der Waals surface area contributed by atoms with Crippen LogP contribution in [0.1, 0.15) is 41.6 Å². The maximum absolute atomic E-state index is 13.5. The van der Waals surface area contributed by atoms with Crippen LogP contribution in [0.3, 0.4) is 0 Å². The van der Waals surface area contributed by atoms with Crippen molar-refractivity contribution in [3.63, 3.8) is 0 Å². The van der Waals surface area contributed by atoms with Gasteiger partial charge in [0.2, 0.25) is 0 Å². The fourth-order valence-electron chi connectivity index (χ4n) is 3.16. The predicted molar refractivity (Wildman–Crippen MR) is 87.3 cm³/mol. The molecule has 0 spiro atoms. The lowest BCUT2D eigenvalue weighted by atomic mass is 9.85. The second kappa shape index (κ2) is 6.89. The Morgan fingerprint density at radius 1 is 1.33 bits per heavy atom. The van der Waals surface area contributed by atoms with Gasteiger partial charge in [-0.25, -0.2) is 4.39 Å². The zero-order chi connectivity index (χ0) is 17.3. The summed E-state index contributed by atoms with van der Waals surface area (Å²) in [5, 5.41) is 12.0. The van der Waals surface area contributed by atoms with Gasteiger partial charge in [0, 0.05) is 24.2 Å². The second-order valence-corrected chi connectivity index (χ2v) is 7.03. The van der Waals surface area contributed by atoms with Gasteiger partial charge in [0.1, 0.15) is 5.82 Å². The minimum Gasteiger partial charge on any atom is -0.480 e. The van der Waals surface area contributed by atoms with Crippen LogP contribution in [0.4, 0.5) is 4.39 Å². The maximum atomic E-state index is 13.5. The Hall–Kier alpha value is -1.95. The summed E-state index contributed by atoms with van der Waals surface area (Å²) in [5.74, 6) is -0.831. The van der Waals surface area contributed by atoms with Crippen molar-refractivity contribution >= 4 is 11.9 Å². The van der Waals surface area contributed by atoms with Crippen LogP contribution < -0.4 is 5.32 Å². The molecule has 0 bridgehead atoms. The zero-order valence-electron chi connectivity index (χ0n) is 13.8. The molecule has 2 fully saturated rings. The van der Waals surface area contributed by atoms with Crippen LogP contribution >= 0.6 is 0 Å². The molecule has 3 rings (SSSR count). The first kappa shape index (κ1) is 16.9. The van der Waals surface area contributed by atoms with Gasteiger partial charge < -0.3 is 10.4 Å². The lowest BCUT2D eigenvalue weighted by Crippen LogP contribution is -2.55. The van der Waals surface area contributed by atoms with Crippen molar-refractivity contribution in [1.29, 1.82) is 0 Å². The lowest BCUT2D eigenvalue weighted by Gasteiger charge is -2.42. The number of aryl methyl sites for hydroxylation is 1. The average Bonchev–Trinajstić information content (AvgIpc) is 3.28. The molecular weight excluding hydrogens is 311 g/mol. The van der Waals surface area contributed by atoms with Gasteiger partial charge >= 0.3 is 5.97 Å². The number of halogens is 1. The van der Waals surface area contributed by atoms with Crippen molar-refractivity contribution in [1.82, 2.24) is 10.2 Å². The van der Waals surface area contributed by atoms with Crippen LogP contribution in [0.2, 0.25) is 0 Å². The molecule has 0 atom stereocenters. The summed E-state index contributed by atoms with van der Waals surface area (Å²) in [5.41, 5.74) is 0.835. The highest BCUT2D eigenvalue weighted by molar-refractivity contribution is 5.94. The molecule has 6 heteroatoms. The largest absolute Gasteiger partial charge is 0.480 e. The summed E-state index contributed by atoms with van der Waals surface area (Å²) >= 11 is 0. The Bertz CT molecular complexity index is 639. The Morgan fingerprint density at radius 2 is 2.04 bits per heavy atom. The fraction of sp³-hybridized carbons (Fsp3) is 0.556. The standard InChI is InChI=1S/C18H23FN2O3/c1-11-2-5-13(6-16(11)19)18(24)20-14-7-15(8-14)21(10-17(22)23)9-12-3-4-12/h2,5-6,12,14-15H,3-4,7-10H2,1H3,(H,20,24)(H,22,23). The molecule has 2 aliphatic rings. The van der Waals surface area contributed by atoms with Crippen molar-refractivity contribution in [3.8, 4) is 0 Å². The molecule has 24 heavy (non-hydrogen) atoms. The number of carbonyl (C=O) groups excluding carboxylic acids is 1. The molecule has 1 amide bonds. The van der Waals surface area contributed by atoms with Gasteiger partial charge in [-0.15, -0.1) is 0 Å². The molecular formula is C18H23FN2O3. The number of nitrogens with one attached hydrogen (secondary N) is 1. The monoisotopic (exact) mass is 334 g/mol. The molecule has 0 aliphatic heterocycles. The molecule has 1 aromatic rings. The fourth-order valence-corrected chi connectivity index (χ4v) is 3.16. The molecule has 2 aliphatic carbocycles. The van der Waals surface area contributed by atoms with E-state index in [9.17, 15) is 14.0 Å². The Kier molecular flexibility index (Phi) is 4.85. The van der Waals surface area contributed by atoms with Crippen LogP contribution in [0.15, 0.2) is 18.2 Å². The minimum absolute atomic E-state index is 0.0300.